The van der Waals surface area contributed by atoms with Crippen molar-refractivity contribution in [2.75, 3.05) is 19.7 Å². The lowest BCUT2D eigenvalue weighted by Gasteiger charge is -2.36. The Hall–Kier alpha value is -1.24. The van der Waals surface area contributed by atoms with Gasteiger partial charge in [-0.2, -0.15) is 0 Å². The molecule has 4 nitrogen and oxygen atoms in total. The largest absolute Gasteiger partial charge is 0.487 e. The maximum Gasteiger partial charge on any atom is 0.165 e. The van der Waals surface area contributed by atoms with Crippen molar-refractivity contribution in [1.29, 1.82) is 0 Å². The smallest absolute Gasteiger partial charge is 0.165 e. The van der Waals surface area contributed by atoms with Gasteiger partial charge in [-0.1, -0.05) is 0 Å². The predicted molar refractivity (Wildman–Crippen MR) is 60.3 cm³/mol. The fourth-order valence-electron chi connectivity index (χ4n) is 1.87. The molecule has 0 unspecified atom stereocenters. The number of nitrogens with one attached hydrogen (secondary N) is 1. The van der Waals surface area contributed by atoms with Crippen LogP contribution < -0.4 is 10.1 Å². The lowest BCUT2D eigenvalue weighted by Crippen LogP contribution is -2.58. The molecule has 0 radical (unpaired) electrons. The molecule has 1 aliphatic rings. The first-order valence-electron chi connectivity index (χ1n) is 5.70. The molecule has 2 atom stereocenters. The van der Waals surface area contributed by atoms with E-state index in [-0.39, 0.29) is 18.9 Å². The molecule has 18 heavy (non-hydrogen) atoms. The molecule has 0 aliphatic carbocycles. The molecule has 0 amide bonds. The molecule has 1 aromatic carbocycles. The summed E-state index contributed by atoms with van der Waals surface area (Å²) in [5.41, 5.74) is -1.49. The van der Waals surface area contributed by atoms with Crippen LogP contribution >= 0.6 is 0 Å². The number of hydrogen-bond donors (Lipinski definition) is 3. The molecular formula is C12H15F2NO3. The van der Waals surface area contributed by atoms with Crippen LogP contribution in [0.15, 0.2) is 18.2 Å². The van der Waals surface area contributed by atoms with Crippen molar-refractivity contribution >= 4 is 0 Å². The van der Waals surface area contributed by atoms with E-state index in [1.807, 2.05) is 0 Å². The third-order valence-electron chi connectivity index (χ3n) is 3.02. The number of β-amino-alcohol motifs (C(OH)–C–C–N with tert-alkyl or cyclic N) is 1. The Bertz CT molecular complexity index is 430. The second-order valence-corrected chi connectivity index (χ2v) is 4.45. The van der Waals surface area contributed by atoms with E-state index in [0.29, 0.717) is 13.0 Å². The van der Waals surface area contributed by atoms with E-state index in [1.54, 1.807) is 0 Å². The lowest BCUT2D eigenvalue weighted by atomic mass is 9.92. The Morgan fingerprint density at radius 1 is 1.44 bits per heavy atom. The highest BCUT2D eigenvalue weighted by atomic mass is 19.1. The number of piperidine rings is 1. The van der Waals surface area contributed by atoms with Crippen molar-refractivity contribution in [3.63, 3.8) is 0 Å². The zero-order valence-corrected chi connectivity index (χ0v) is 9.70. The molecule has 1 saturated heterocycles. The minimum Gasteiger partial charge on any atom is -0.487 e. The van der Waals surface area contributed by atoms with Gasteiger partial charge in [0.05, 0.1) is 6.10 Å². The van der Waals surface area contributed by atoms with Crippen molar-refractivity contribution < 1.29 is 23.7 Å². The van der Waals surface area contributed by atoms with Crippen LogP contribution in [0.5, 0.6) is 5.75 Å². The molecule has 0 spiro atoms. The summed E-state index contributed by atoms with van der Waals surface area (Å²) in [7, 11) is 0. The number of aliphatic hydroxyl groups excluding tert-OH is 1. The Labute approximate surface area is 103 Å². The number of aliphatic hydroxyl groups is 2. The Kier molecular flexibility index (Phi) is 3.79. The topological polar surface area (TPSA) is 61.7 Å². The van der Waals surface area contributed by atoms with Gasteiger partial charge in [0.25, 0.3) is 0 Å². The summed E-state index contributed by atoms with van der Waals surface area (Å²) in [6.07, 6.45) is -0.568. The Morgan fingerprint density at radius 2 is 2.22 bits per heavy atom. The van der Waals surface area contributed by atoms with Gasteiger partial charge in [-0.15, -0.1) is 0 Å². The second-order valence-electron chi connectivity index (χ2n) is 4.45. The maximum atomic E-state index is 13.3. The van der Waals surface area contributed by atoms with Crippen molar-refractivity contribution in [2.45, 2.75) is 18.1 Å². The normalized spacial score (nSPS) is 28.1. The van der Waals surface area contributed by atoms with Crippen LogP contribution in [0.1, 0.15) is 6.42 Å². The molecule has 0 bridgehead atoms. The average molecular weight is 259 g/mol. The highest BCUT2D eigenvalue weighted by Gasteiger charge is 2.39. The van der Waals surface area contributed by atoms with Gasteiger partial charge in [-0.25, -0.2) is 8.78 Å². The molecule has 3 N–H and O–H groups in total. The molecule has 1 heterocycles. The Balaban J connectivity index is 2.04. The van der Waals surface area contributed by atoms with E-state index < -0.39 is 23.3 Å². The Morgan fingerprint density at radius 3 is 2.94 bits per heavy atom. The van der Waals surface area contributed by atoms with Gasteiger partial charge >= 0.3 is 0 Å². The van der Waals surface area contributed by atoms with E-state index in [0.717, 1.165) is 18.2 Å². The number of hydrogen-bond acceptors (Lipinski definition) is 4. The lowest BCUT2D eigenvalue weighted by molar-refractivity contribution is -0.111. The monoisotopic (exact) mass is 259 g/mol. The van der Waals surface area contributed by atoms with Crippen LogP contribution in [0.25, 0.3) is 0 Å². The van der Waals surface area contributed by atoms with Crippen LogP contribution in [0.3, 0.4) is 0 Å². The van der Waals surface area contributed by atoms with Crippen LogP contribution in [-0.2, 0) is 0 Å². The third-order valence-corrected chi connectivity index (χ3v) is 3.02. The van der Waals surface area contributed by atoms with Crippen LogP contribution in [0.4, 0.5) is 8.78 Å². The van der Waals surface area contributed by atoms with Gasteiger partial charge in [-0.05, 0) is 25.1 Å². The highest BCUT2D eigenvalue weighted by molar-refractivity contribution is 5.25. The summed E-state index contributed by atoms with van der Waals surface area (Å²) < 4.78 is 31.3. The zero-order valence-electron chi connectivity index (χ0n) is 9.70. The molecule has 0 aromatic heterocycles. The van der Waals surface area contributed by atoms with Gasteiger partial charge in [0.15, 0.2) is 11.6 Å². The van der Waals surface area contributed by atoms with Gasteiger partial charge in [-0.3, -0.25) is 0 Å². The minimum atomic E-state index is -1.49. The standard InChI is InChI=1S/C12H15F2NO3/c13-8-1-2-9(14)10(5-8)18-7-12(17)6-15-4-3-11(12)16/h1-2,5,11,15-17H,3-4,6-7H2/t11-,12-/m0/s1. The minimum absolute atomic E-state index is 0.144. The number of rotatable bonds is 3. The fraction of sp³-hybridized carbons (Fsp3) is 0.500. The molecule has 1 aliphatic heterocycles. The third kappa shape index (κ3) is 2.77. The van der Waals surface area contributed by atoms with E-state index in [2.05, 4.69) is 5.32 Å². The van der Waals surface area contributed by atoms with Gasteiger partial charge in [0.2, 0.25) is 0 Å². The van der Waals surface area contributed by atoms with Gasteiger partial charge in [0.1, 0.15) is 18.0 Å². The molecule has 2 rings (SSSR count). The van der Waals surface area contributed by atoms with Crippen molar-refractivity contribution in [2.24, 2.45) is 0 Å². The summed E-state index contributed by atoms with van der Waals surface area (Å²) in [4.78, 5) is 0. The van der Waals surface area contributed by atoms with Crippen LogP contribution in [0, 0.1) is 11.6 Å². The quantitative estimate of drug-likeness (QED) is 0.736. The van der Waals surface area contributed by atoms with Crippen molar-refractivity contribution in [3.8, 4) is 5.75 Å². The molecule has 100 valence electrons. The molecule has 1 aromatic rings. The van der Waals surface area contributed by atoms with Crippen molar-refractivity contribution in [3.05, 3.63) is 29.8 Å². The molecular weight excluding hydrogens is 244 g/mol. The molecule has 6 heteroatoms. The summed E-state index contributed by atoms with van der Waals surface area (Å²) in [5, 5.41) is 22.7. The fourth-order valence-corrected chi connectivity index (χ4v) is 1.87. The van der Waals surface area contributed by atoms with E-state index in [9.17, 15) is 19.0 Å². The van der Waals surface area contributed by atoms with E-state index in [1.165, 1.54) is 0 Å². The molecule has 1 fully saturated rings. The second kappa shape index (κ2) is 5.17. The van der Waals surface area contributed by atoms with Gasteiger partial charge in [0, 0.05) is 12.6 Å². The summed E-state index contributed by atoms with van der Waals surface area (Å²) in [6.45, 7) is 0.435. The molecule has 0 saturated carbocycles. The average Bonchev–Trinajstić information content (AvgIpc) is 2.35. The first-order valence-corrected chi connectivity index (χ1v) is 5.70. The highest BCUT2D eigenvalue weighted by Crippen LogP contribution is 2.22. The zero-order chi connectivity index (χ0) is 13.2. The van der Waals surface area contributed by atoms with Crippen molar-refractivity contribution in [1.82, 2.24) is 5.32 Å². The number of benzene rings is 1. The van der Waals surface area contributed by atoms with Crippen LogP contribution in [0.2, 0.25) is 0 Å². The summed E-state index contributed by atoms with van der Waals surface area (Å²) in [6, 6.07) is 2.83. The first-order chi connectivity index (χ1) is 8.51. The van der Waals surface area contributed by atoms with E-state index >= 15 is 0 Å². The van der Waals surface area contributed by atoms with Gasteiger partial charge < -0.3 is 20.3 Å². The number of ether oxygens (including phenoxy) is 1. The maximum absolute atomic E-state index is 13.3. The summed E-state index contributed by atoms with van der Waals surface area (Å²) in [5.74, 6) is -1.61. The SMILES string of the molecule is O[C@H]1CCNC[C@]1(O)COc1cc(F)ccc1F. The van der Waals surface area contributed by atoms with Crippen LogP contribution in [-0.4, -0.2) is 41.6 Å². The number of halogens is 2. The first kappa shape index (κ1) is 13.2. The van der Waals surface area contributed by atoms with E-state index in [4.69, 9.17) is 4.74 Å². The predicted octanol–water partition coefficient (Wildman–Crippen LogP) is 0.429. The summed E-state index contributed by atoms with van der Waals surface area (Å²) >= 11 is 0.